The molecular formula is C22H30N3OPS2. The Morgan fingerprint density at radius 1 is 1.17 bits per heavy atom. The van der Waals surface area contributed by atoms with Gasteiger partial charge in [-0.1, -0.05) is 25.5 Å². The van der Waals surface area contributed by atoms with E-state index in [4.69, 9.17) is 4.98 Å². The molecule has 7 heteroatoms. The van der Waals surface area contributed by atoms with E-state index in [-0.39, 0.29) is 5.75 Å². The molecule has 1 aromatic carbocycles. The van der Waals surface area contributed by atoms with Gasteiger partial charge in [0.15, 0.2) is 0 Å². The number of rotatable bonds is 13. The fourth-order valence-electron chi connectivity index (χ4n) is 2.63. The van der Waals surface area contributed by atoms with Crippen LogP contribution in [0.2, 0.25) is 0 Å². The second-order valence-electron chi connectivity index (χ2n) is 6.57. The van der Waals surface area contributed by atoms with E-state index < -0.39 is 0 Å². The molecule has 0 saturated carbocycles. The lowest BCUT2D eigenvalue weighted by molar-refractivity contribution is 0.475. The Balaban J connectivity index is 2.03. The van der Waals surface area contributed by atoms with Crippen LogP contribution in [0.1, 0.15) is 29.8 Å². The van der Waals surface area contributed by atoms with Crippen LogP contribution in [-0.2, 0) is 12.2 Å². The maximum atomic E-state index is 9.41. The zero-order chi connectivity index (χ0) is 20.9. The minimum Gasteiger partial charge on any atom is -0.508 e. The quantitative estimate of drug-likeness (QED) is 0.117. The van der Waals surface area contributed by atoms with Crippen LogP contribution in [0.5, 0.6) is 5.75 Å². The Morgan fingerprint density at radius 2 is 1.97 bits per heavy atom. The number of phenols is 1. The summed E-state index contributed by atoms with van der Waals surface area (Å²) in [4.78, 5) is 6.00. The van der Waals surface area contributed by atoms with E-state index in [0.717, 1.165) is 66.2 Å². The van der Waals surface area contributed by atoms with Gasteiger partial charge in [-0.2, -0.15) is 0 Å². The van der Waals surface area contributed by atoms with E-state index in [1.54, 1.807) is 23.9 Å². The lowest BCUT2D eigenvalue weighted by Gasteiger charge is -2.09. The maximum absolute atomic E-state index is 9.41. The number of pyridine rings is 1. The van der Waals surface area contributed by atoms with Crippen LogP contribution >= 0.6 is 33.8 Å². The minimum atomic E-state index is 0.286. The summed E-state index contributed by atoms with van der Waals surface area (Å²) >= 11 is 5.70. The Bertz CT molecular complexity index is 797. The molecule has 1 aromatic heterocycles. The molecule has 0 spiro atoms. The zero-order valence-electron chi connectivity index (χ0n) is 16.6. The molecule has 0 amide bonds. The molecule has 0 radical (unpaired) electrons. The second-order valence-corrected chi connectivity index (χ2v) is 8.51. The largest absolute Gasteiger partial charge is 0.508 e. The first kappa shape index (κ1) is 23.8. The SMILES string of the molecule is C=C(/C=C/c1nc(CSc2ccc(O)cc2)ccc1CCCP)NCCCNS. The van der Waals surface area contributed by atoms with Crippen molar-refractivity contribution in [2.24, 2.45) is 0 Å². The average molecular weight is 448 g/mol. The Labute approximate surface area is 186 Å². The number of thiol groups is 1. The van der Waals surface area contributed by atoms with Crippen LogP contribution in [0.25, 0.3) is 6.08 Å². The van der Waals surface area contributed by atoms with Crippen LogP contribution in [0.4, 0.5) is 0 Å². The molecular weight excluding hydrogens is 417 g/mol. The molecule has 4 nitrogen and oxygen atoms in total. The van der Waals surface area contributed by atoms with E-state index in [1.165, 1.54) is 5.56 Å². The summed E-state index contributed by atoms with van der Waals surface area (Å²) in [6.07, 6.45) is 8.24. The summed E-state index contributed by atoms with van der Waals surface area (Å²) in [5.74, 6) is 1.07. The first-order chi connectivity index (χ1) is 14.1. The highest BCUT2D eigenvalue weighted by Crippen LogP contribution is 2.25. The van der Waals surface area contributed by atoms with E-state index >= 15 is 0 Å². The highest BCUT2D eigenvalue weighted by atomic mass is 32.2. The number of aromatic nitrogens is 1. The van der Waals surface area contributed by atoms with Crippen molar-refractivity contribution in [2.45, 2.75) is 29.9 Å². The number of aromatic hydroxyl groups is 1. The highest BCUT2D eigenvalue weighted by molar-refractivity contribution is 7.98. The third kappa shape index (κ3) is 9.26. The van der Waals surface area contributed by atoms with Crippen LogP contribution in [0, 0.1) is 0 Å². The number of hydrogen-bond donors (Lipinski definition) is 4. The molecule has 1 unspecified atom stereocenters. The smallest absolute Gasteiger partial charge is 0.115 e. The third-order valence-corrected chi connectivity index (χ3v) is 5.88. The summed E-state index contributed by atoms with van der Waals surface area (Å²) in [7, 11) is 2.79. The number of nitrogens with zero attached hydrogens (tertiary/aromatic N) is 1. The third-order valence-electron chi connectivity index (χ3n) is 4.20. The van der Waals surface area contributed by atoms with Crippen LogP contribution in [0.15, 0.2) is 59.6 Å². The molecule has 1 heterocycles. The predicted molar refractivity (Wildman–Crippen MR) is 133 cm³/mol. The molecule has 0 bridgehead atoms. The highest BCUT2D eigenvalue weighted by Gasteiger charge is 2.05. The van der Waals surface area contributed by atoms with Gasteiger partial charge in [0, 0.05) is 29.4 Å². The molecule has 2 aromatic rings. The Kier molecular flexibility index (Phi) is 11.3. The van der Waals surface area contributed by atoms with Gasteiger partial charge in [0.1, 0.15) is 5.75 Å². The fraction of sp³-hybridized carbons (Fsp3) is 0.318. The predicted octanol–water partition coefficient (Wildman–Crippen LogP) is 4.83. The molecule has 2 rings (SSSR count). The molecule has 0 aliphatic carbocycles. The maximum Gasteiger partial charge on any atom is 0.115 e. The van der Waals surface area contributed by atoms with Gasteiger partial charge < -0.3 is 10.4 Å². The van der Waals surface area contributed by atoms with E-state index in [1.807, 2.05) is 18.2 Å². The topological polar surface area (TPSA) is 57.2 Å². The van der Waals surface area contributed by atoms with Gasteiger partial charge in [-0.15, -0.1) is 21.0 Å². The number of benzene rings is 1. The molecule has 1 atom stereocenters. The van der Waals surface area contributed by atoms with Gasteiger partial charge >= 0.3 is 0 Å². The van der Waals surface area contributed by atoms with Crippen molar-refractivity contribution in [3.8, 4) is 5.75 Å². The number of aryl methyl sites for hydroxylation is 1. The average Bonchev–Trinajstić information content (AvgIpc) is 2.74. The summed E-state index contributed by atoms with van der Waals surface area (Å²) in [6, 6.07) is 11.6. The van der Waals surface area contributed by atoms with Gasteiger partial charge in [0.05, 0.1) is 11.4 Å². The standard InChI is InChI=1S/C22H30N3OPS2/c1-17(23-13-3-14-24-28)5-12-22-18(4-2-15-27)6-7-19(25-22)16-29-21-10-8-20(26)9-11-21/h5-12,23-24,26,28H,1-4,13-16,27H2/b12-5+. The van der Waals surface area contributed by atoms with Crippen molar-refractivity contribution in [3.63, 3.8) is 0 Å². The monoisotopic (exact) mass is 447 g/mol. The van der Waals surface area contributed by atoms with Gasteiger partial charge in [0.25, 0.3) is 0 Å². The molecule has 29 heavy (non-hydrogen) atoms. The second kappa shape index (κ2) is 13.7. The summed E-state index contributed by atoms with van der Waals surface area (Å²) in [6.45, 7) is 5.78. The number of allylic oxidation sites excluding steroid dienone is 1. The lowest BCUT2D eigenvalue weighted by Crippen LogP contribution is -2.16. The van der Waals surface area contributed by atoms with E-state index in [2.05, 4.69) is 56.9 Å². The van der Waals surface area contributed by atoms with Crippen molar-refractivity contribution in [2.75, 3.05) is 19.3 Å². The number of thioether (sulfide) groups is 1. The van der Waals surface area contributed by atoms with Crippen molar-refractivity contribution in [1.29, 1.82) is 0 Å². The number of hydrogen-bond acceptors (Lipinski definition) is 6. The fourth-order valence-corrected chi connectivity index (χ4v) is 3.80. The molecule has 0 fully saturated rings. The Morgan fingerprint density at radius 3 is 2.69 bits per heavy atom. The van der Waals surface area contributed by atoms with Crippen molar-refractivity contribution in [1.82, 2.24) is 15.0 Å². The molecule has 0 aliphatic heterocycles. The van der Waals surface area contributed by atoms with Crippen LogP contribution in [-0.4, -0.2) is 29.3 Å². The molecule has 0 saturated heterocycles. The Hall–Kier alpha value is -1.46. The van der Waals surface area contributed by atoms with Crippen molar-refractivity contribution < 1.29 is 5.11 Å². The molecule has 156 valence electrons. The van der Waals surface area contributed by atoms with Gasteiger partial charge in [-0.05, 0) is 73.5 Å². The minimum absolute atomic E-state index is 0.286. The van der Waals surface area contributed by atoms with Gasteiger partial charge in [0.2, 0.25) is 0 Å². The van der Waals surface area contributed by atoms with Crippen molar-refractivity contribution >= 4 is 39.9 Å². The van der Waals surface area contributed by atoms with Crippen LogP contribution in [0.3, 0.4) is 0 Å². The summed E-state index contributed by atoms with van der Waals surface area (Å²) in [5, 5.41) is 12.7. The number of phenolic OH excluding ortho intramolecular Hbond substituents is 1. The van der Waals surface area contributed by atoms with Gasteiger partial charge in [-0.3, -0.25) is 9.71 Å². The first-order valence-corrected chi connectivity index (χ1v) is 12.0. The zero-order valence-corrected chi connectivity index (χ0v) is 19.5. The van der Waals surface area contributed by atoms with E-state index in [9.17, 15) is 5.11 Å². The number of nitrogens with one attached hydrogen (secondary N) is 2. The van der Waals surface area contributed by atoms with Gasteiger partial charge in [-0.25, -0.2) is 0 Å². The normalized spacial score (nSPS) is 11.1. The van der Waals surface area contributed by atoms with E-state index in [0.29, 0.717) is 0 Å². The lowest BCUT2D eigenvalue weighted by atomic mass is 10.1. The summed E-state index contributed by atoms with van der Waals surface area (Å²) < 4.78 is 2.84. The van der Waals surface area contributed by atoms with Crippen molar-refractivity contribution in [3.05, 3.63) is 71.7 Å². The molecule has 0 aliphatic rings. The molecule has 3 N–H and O–H groups in total. The summed E-state index contributed by atoms with van der Waals surface area (Å²) in [5.41, 5.74) is 4.18. The van der Waals surface area contributed by atoms with Crippen LogP contribution < -0.4 is 10.0 Å². The first-order valence-electron chi connectivity index (χ1n) is 9.71.